The molecule has 1 aromatic carbocycles. The summed E-state index contributed by atoms with van der Waals surface area (Å²) in [6, 6.07) is 11.3. The summed E-state index contributed by atoms with van der Waals surface area (Å²) in [5.74, 6) is -0.00609. The number of pyridine rings is 1. The topological polar surface area (TPSA) is 63.6 Å². The Morgan fingerprint density at radius 2 is 1.88 bits per heavy atom. The number of amides is 1. The van der Waals surface area contributed by atoms with Gasteiger partial charge in [-0.15, -0.1) is 0 Å². The average Bonchev–Trinajstić information content (AvgIpc) is 2.62. The van der Waals surface area contributed by atoms with Crippen molar-refractivity contribution in [1.82, 2.24) is 14.8 Å². The number of hydrogen-bond donors (Lipinski definition) is 1. The molecule has 0 saturated heterocycles. The molecule has 6 heteroatoms. The number of nitrogens with zero attached hydrogens (tertiary/aromatic N) is 2. The van der Waals surface area contributed by atoms with E-state index in [1.54, 1.807) is 11.0 Å². The van der Waals surface area contributed by atoms with Crippen molar-refractivity contribution in [3.05, 3.63) is 63.6 Å². The molecule has 0 saturated carbocycles. The summed E-state index contributed by atoms with van der Waals surface area (Å²) in [6.45, 7) is 6.01. The Balaban J connectivity index is 2.03. The first-order valence-electron chi connectivity index (χ1n) is 8.92. The van der Waals surface area contributed by atoms with Crippen LogP contribution in [0.25, 0.3) is 0 Å². The van der Waals surface area contributed by atoms with E-state index in [1.165, 1.54) is 0 Å². The third-order valence-electron chi connectivity index (χ3n) is 4.59. The van der Waals surface area contributed by atoms with Crippen LogP contribution in [0.15, 0.2) is 41.2 Å². The van der Waals surface area contributed by atoms with E-state index in [-0.39, 0.29) is 29.7 Å². The zero-order valence-electron chi connectivity index (χ0n) is 15.5. The molecule has 0 radical (unpaired) electrons. The van der Waals surface area contributed by atoms with E-state index in [0.29, 0.717) is 25.3 Å². The third-order valence-corrected chi connectivity index (χ3v) is 4.59. The SMILES string of the molecule is CNCc1cc(=O)c(OCc2ccccc2)c2n1CCN(C(C)C)C2=O. The minimum atomic E-state index is -0.253. The largest absolute Gasteiger partial charge is 0.483 e. The second-order valence-electron chi connectivity index (χ2n) is 6.73. The number of hydrogen-bond acceptors (Lipinski definition) is 4. The minimum Gasteiger partial charge on any atom is -0.483 e. The van der Waals surface area contributed by atoms with Gasteiger partial charge in [0.15, 0.2) is 11.4 Å². The summed E-state index contributed by atoms with van der Waals surface area (Å²) in [4.78, 5) is 27.5. The second-order valence-corrected chi connectivity index (χ2v) is 6.73. The van der Waals surface area contributed by atoms with Gasteiger partial charge >= 0.3 is 0 Å². The Kier molecular flexibility index (Phi) is 5.42. The van der Waals surface area contributed by atoms with Gasteiger partial charge in [-0.05, 0) is 26.5 Å². The lowest BCUT2D eigenvalue weighted by Gasteiger charge is -2.34. The van der Waals surface area contributed by atoms with Crippen molar-refractivity contribution in [3.63, 3.8) is 0 Å². The Labute approximate surface area is 153 Å². The van der Waals surface area contributed by atoms with Gasteiger partial charge in [0.25, 0.3) is 5.91 Å². The van der Waals surface area contributed by atoms with Crippen LogP contribution in [0.2, 0.25) is 0 Å². The van der Waals surface area contributed by atoms with Gasteiger partial charge in [0.05, 0.1) is 0 Å². The molecule has 2 aromatic rings. The Bertz CT molecular complexity index is 843. The first-order valence-corrected chi connectivity index (χ1v) is 8.92. The molecule has 0 aliphatic carbocycles. The quantitative estimate of drug-likeness (QED) is 0.861. The van der Waals surface area contributed by atoms with Crippen LogP contribution in [0.1, 0.15) is 35.6 Å². The zero-order chi connectivity index (χ0) is 18.7. The van der Waals surface area contributed by atoms with E-state index in [1.807, 2.05) is 55.8 Å². The van der Waals surface area contributed by atoms with Crippen LogP contribution in [0.3, 0.4) is 0 Å². The van der Waals surface area contributed by atoms with Crippen LogP contribution in [0.5, 0.6) is 5.75 Å². The highest BCUT2D eigenvalue weighted by Crippen LogP contribution is 2.24. The van der Waals surface area contributed by atoms with Crippen LogP contribution >= 0.6 is 0 Å². The lowest BCUT2D eigenvalue weighted by atomic mass is 10.1. The van der Waals surface area contributed by atoms with E-state index >= 15 is 0 Å². The maximum Gasteiger partial charge on any atom is 0.274 e. The zero-order valence-corrected chi connectivity index (χ0v) is 15.5. The van der Waals surface area contributed by atoms with Gasteiger partial charge < -0.3 is 19.5 Å². The molecule has 0 spiro atoms. The Morgan fingerprint density at radius 1 is 1.15 bits per heavy atom. The van der Waals surface area contributed by atoms with Crippen molar-refractivity contribution < 1.29 is 9.53 Å². The Morgan fingerprint density at radius 3 is 2.54 bits per heavy atom. The number of fused-ring (bicyclic) bond motifs is 1. The van der Waals surface area contributed by atoms with Gasteiger partial charge in [0, 0.05) is 37.4 Å². The van der Waals surface area contributed by atoms with Crippen molar-refractivity contribution in [3.8, 4) is 5.75 Å². The number of aromatic nitrogens is 1. The maximum absolute atomic E-state index is 13.1. The fourth-order valence-corrected chi connectivity index (χ4v) is 3.28. The molecule has 3 rings (SSSR count). The minimum absolute atomic E-state index is 0.0706. The van der Waals surface area contributed by atoms with Crippen LogP contribution in [0, 0.1) is 0 Å². The first-order chi connectivity index (χ1) is 12.5. The predicted molar refractivity (Wildman–Crippen MR) is 100 cm³/mol. The van der Waals surface area contributed by atoms with Gasteiger partial charge in [-0.2, -0.15) is 0 Å². The predicted octanol–water partition coefficient (Wildman–Crippen LogP) is 2.01. The molecule has 1 aliphatic heterocycles. The third kappa shape index (κ3) is 3.51. The summed E-state index contributed by atoms with van der Waals surface area (Å²) >= 11 is 0. The molecule has 1 aliphatic rings. The summed E-state index contributed by atoms with van der Waals surface area (Å²) in [7, 11) is 1.82. The van der Waals surface area contributed by atoms with Crippen molar-refractivity contribution in [2.24, 2.45) is 0 Å². The van der Waals surface area contributed by atoms with Gasteiger partial charge in [0.2, 0.25) is 5.43 Å². The molecule has 0 fully saturated rings. The molecule has 1 N–H and O–H groups in total. The number of ether oxygens (including phenoxy) is 1. The van der Waals surface area contributed by atoms with E-state index in [4.69, 9.17) is 4.74 Å². The normalized spacial score (nSPS) is 13.8. The van der Waals surface area contributed by atoms with Crippen molar-refractivity contribution in [2.45, 2.75) is 39.6 Å². The number of nitrogens with one attached hydrogen (secondary N) is 1. The lowest BCUT2D eigenvalue weighted by molar-refractivity contribution is 0.0636. The van der Waals surface area contributed by atoms with Crippen LogP contribution in [-0.4, -0.2) is 35.0 Å². The number of rotatable bonds is 6. The molecule has 2 heterocycles. The van der Waals surface area contributed by atoms with Gasteiger partial charge in [0.1, 0.15) is 6.61 Å². The monoisotopic (exact) mass is 355 g/mol. The van der Waals surface area contributed by atoms with E-state index in [9.17, 15) is 9.59 Å². The highest BCUT2D eigenvalue weighted by Gasteiger charge is 2.32. The summed E-state index contributed by atoms with van der Waals surface area (Å²) < 4.78 is 7.77. The van der Waals surface area contributed by atoms with E-state index in [0.717, 1.165) is 11.3 Å². The summed E-state index contributed by atoms with van der Waals surface area (Å²) in [5.41, 5.74) is 1.86. The number of carbonyl (C=O) groups excluding carboxylic acids is 1. The molecule has 6 nitrogen and oxygen atoms in total. The van der Waals surface area contributed by atoms with Crippen molar-refractivity contribution in [1.29, 1.82) is 0 Å². The van der Waals surface area contributed by atoms with Crippen LogP contribution in [-0.2, 0) is 19.7 Å². The van der Waals surface area contributed by atoms with Crippen molar-refractivity contribution >= 4 is 5.91 Å². The fourth-order valence-electron chi connectivity index (χ4n) is 3.28. The molecule has 26 heavy (non-hydrogen) atoms. The molecular weight excluding hydrogens is 330 g/mol. The van der Waals surface area contributed by atoms with Crippen LogP contribution in [0.4, 0.5) is 0 Å². The second kappa shape index (κ2) is 7.74. The maximum atomic E-state index is 13.1. The van der Waals surface area contributed by atoms with E-state index < -0.39 is 0 Å². The molecular formula is C20H25N3O3. The van der Waals surface area contributed by atoms with Gasteiger partial charge in [-0.1, -0.05) is 30.3 Å². The standard InChI is InChI=1S/C20H25N3O3/c1-14(2)22-9-10-23-16(12-21-3)11-17(24)19(18(23)20(22)25)26-13-15-7-5-4-6-8-15/h4-8,11,14,21H,9-10,12-13H2,1-3H3. The average molecular weight is 355 g/mol. The Hall–Kier alpha value is -2.60. The molecule has 138 valence electrons. The number of benzene rings is 1. The number of carbonyl (C=O) groups is 1. The fraction of sp³-hybridized carbons (Fsp3) is 0.400. The van der Waals surface area contributed by atoms with E-state index in [2.05, 4.69) is 5.32 Å². The molecule has 1 aromatic heterocycles. The molecule has 0 atom stereocenters. The molecule has 1 amide bonds. The molecule has 0 unspecified atom stereocenters. The molecule has 0 bridgehead atoms. The van der Waals surface area contributed by atoms with Gasteiger partial charge in [-0.25, -0.2) is 0 Å². The lowest BCUT2D eigenvalue weighted by Crippen LogP contribution is -2.46. The smallest absolute Gasteiger partial charge is 0.274 e. The van der Waals surface area contributed by atoms with Crippen LogP contribution < -0.4 is 15.5 Å². The first kappa shape index (κ1) is 18.2. The highest BCUT2D eigenvalue weighted by atomic mass is 16.5. The van der Waals surface area contributed by atoms with Crippen molar-refractivity contribution in [2.75, 3.05) is 13.6 Å². The highest BCUT2D eigenvalue weighted by molar-refractivity contribution is 5.96. The van der Waals surface area contributed by atoms with Gasteiger partial charge in [-0.3, -0.25) is 9.59 Å². The summed E-state index contributed by atoms with van der Waals surface area (Å²) in [5, 5.41) is 3.06. The summed E-state index contributed by atoms with van der Waals surface area (Å²) in [6.07, 6.45) is 0.